The molecule has 1 amide bonds. The predicted octanol–water partition coefficient (Wildman–Crippen LogP) is 6.04. The Hall–Kier alpha value is -1.69. The Balaban J connectivity index is 1.36. The van der Waals surface area contributed by atoms with E-state index in [1.54, 1.807) is 22.7 Å². The fraction of sp³-hybridized carbons (Fsp3) is 0.480. The SMILES string of the molecule is CN(C(=O)Cc1cccc2c(-c3cccs3)csc12)[C@@H]1CCCC[C@H]1N1CCCC1. The highest BCUT2D eigenvalue weighted by Crippen LogP contribution is 2.38. The van der Waals surface area contributed by atoms with Gasteiger partial charge in [-0.2, -0.15) is 0 Å². The van der Waals surface area contributed by atoms with Crippen LogP contribution in [0.15, 0.2) is 41.1 Å². The fourth-order valence-electron chi connectivity index (χ4n) is 5.39. The molecule has 0 radical (unpaired) electrons. The van der Waals surface area contributed by atoms with Crippen LogP contribution in [-0.4, -0.2) is 47.9 Å². The normalized spacial score (nSPS) is 22.6. The summed E-state index contributed by atoms with van der Waals surface area (Å²) in [6.07, 6.45) is 8.07. The molecule has 3 heterocycles. The van der Waals surface area contributed by atoms with Crippen molar-refractivity contribution in [2.75, 3.05) is 20.1 Å². The van der Waals surface area contributed by atoms with Crippen LogP contribution in [0.3, 0.4) is 0 Å². The van der Waals surface area contributed by atoms with Crippen LogP contribution in [0.25, 0.3) is 20.5 Å². The summed E-state index contributed by atoms with van der Waals surface area (Å²) in [6.45, 7) is 2.42. The van der Waals surface area contributed by atoms with E-state index in [4.69, 9.17) is 0 Å². The zero-order chi connectivity index (χ0) is 20.5. The van der Waals surface area contributed by atoms with Gasteiger partial charge in [0.15, 0.2) is 0 Å². The number of thiophene rings is 2. The largest absolute Gasteiger partial charge is 0.341 e. The maximum Gasteiger partial charge on any atom is 0.227 e. The van der Waals surface area contributed by atoms with Crippen molar-refractivity contribution < 1.29 is 4.79 Å². The third-order valence-corrected chi connectivity index (χ3v) is 8.98. The van der Waals surface area contributed by atoms with Crippen molar-refractivity contribution in [2.24, 2.45) is 0 Å². The molecular formula is C25H30N2OS2. The van der Waals surface area contributed by atoms with Crippen LogP contribution in [0.4, 0.5) is 0 Å². The van der Waals surface area contributed by atoms with Crippen molar-refractivity contribution >= 4 is 38.7 Å². The Morgan fingerprint density at radius 1 is 1.07 bits per heavy atom. The lowest BCUT2D eigenvalue weighted by atomic mass is 9.88. The van der Waals surface area contributed by atoms with Gasteiger partial charge in [0.05, 0.1) is 6.42 Å². The Bertz CT molecular complexity index is 1000. The standard InChI is InChI=1S/C25H30N2OS2/c1-26(21-10-2-3-11-22(21)27-13-4-5-14-27)24(28)16-18-8-6-9-19-20(17-30-25(18)19)23-12-7-15-29-23/h6-9,12,15,17,21-22H,2-5,10-11,13-14,16H2,1H3/t21-,22-/m1/s1. The summed E-state index contributed by atoms with van der Waals surface area (Å²) in [4.78, 5) is 19.4. The minimum Gasteiger partial charge on any atom is -0.341 e. The summed E-state index contributed by atoms with van der Waals surface area (Å²) in [7, 11) is 2.05. The van der Waals surface area contributed by atoms with Gasteiger partial charge in [-0.1, -0.05) is 37.1 Å². The number of rotatable bonds is 5. The molecule has 2 fully saturated rings. The number of benzene rings is 1. The van der Waals surface area contributed by atoms with Gasteiger partial charge in [0.2, 0.25) is 5.91 Å². The molecule has 1 saturated carbocycles. The van der Waals surface area contributed by atoms with Gasteiger partial charge in [0.25, 0.3) is 0 Å². The van der Waals surface area contributed by atoms with Crippen LogP contribution in [-0.2, 0) is 11.2 Å². The molecule has 0 unspecified atom stereocenters. The second kappa shape index (κ2) is 8.81. The molecule has 0 spiro atoms. The van der Waals surface area contributed by atoms with Crippen LogP contribution in [0.2, 0.25) is 0 Å². The Morgan fingerprint density at radius 2 is 1.90 bits per heavy atom. The van der Waals surface area contributed by atoms with Gasteiger partial charge in [-0.15, -0.1) is 22.7 Å². The molecule has 5 rings (SSSR count). The molecule has 30 heavy (non-hydrogen) atoms. The molecule has 0 N–H and O–H groups in total. The average Bonchev–Trinajstić information content (AvgIpc) is 3.54. The van der Waals surface area contributed by atoms with Crippen LogP contribution in [0.1, 0.15) is 44.1 Å². The summed E-state index contributed by atoms with van der Waals surface area (Å²) in [5.41, 5.74) is 2.47. The van der Waals surface area contributed by atoms with Gasteiger partial charge in [0, 0.05) is 45.0 Å². The number of likely N-dealkylation sites (N-methyl/N-ethyl adjacent to an activating group) is 1. The third kappa shape index (κ3) is 3.83. The Labute approximate surface area is 187 Å². The average molecular weight is 439 g/mol. The molecular weight excluding hydrogens is 408 g/mol. The molecule has 5 heteroatoms. The summed E-state index contributed by atoms with van der Waals surface area (Å²) in [5.74, 6) is 0.268. The summed E-state index contributed by atoms with van der Waals surface area (Å²) >= 11 is 3.55. The first-order valence-electron chi connectivity index (χ1n) is 11.2. The summed E-state index contributed by atoms with van der Waals surface area (Å²) < 4.78 is 1.27. The van der Waals surface area contributed by atoms with Crippen molar-refractivity contribution in [1.29, 1.82) is 0 Å². The predicted molar refractivity (Wildman–Crippen MR) is 128 cm³/mol. The van der Waals surface area contributed by atoms with Crippen molar-refractivity contribution in [1.82, 2.24) is 9.80 Å². The maximum absolute atomic E-state index is 13.4. The molecule has 1 aromatic carbocycles. The quantitative estimate of drug-likeness (QED) is 0.485. The molecule has 0 bridgehead atoms. The second-order valence-corrected chi connectivity index (χ2v) is 10.6. The summed E-state index contributed by atoms with van der Waals surface area (Å²) in [6, 6.07) is 11.7. The fourth-order valence-corrected chi connectivity index (χ4v) is 7.31. The first-order valence-corrected chi connectivity index (χ1v) is 13.0. The molecule has 1 saturated heterocycles. The van der Waals surface area contributed by atoms with E-state index in [9.17, 15) is 4.79 Å². The van der Waals surface area contributed by atoms with E-state index in [0.717, 1.165) is 6.42 Å². The van der Waals surface area contributed by atoms with E-state index in [1.807, 2.05) is 7.05 Å². The van der Waals surface area contributed by atoms with Gasteiger partial charge in [0.1, 0.15) is 0 Å². The number of carbonyl (C=O) groups excluding carboxylic acids is 1. The zero-order valence-electron chi connectivity index (χ0n) is 17.7. The lowest BCUT2D eigenvalue weighted by molar-refractivity contribution is -0.133. The van der Waals surface area contributed by atoms with Crippen LogP contribution < -0.4 is 0 Å². The molecule has 158 valence electrons. The maximum atomic E-state index is 13.4. The molecule has 1 aliphatic carbocycles. The van der Waals surface area contributed by atoms with Crippen molar-refractivity contribution in [3.63, 3.8) is 0 Å². The van der Waals surface area contributed by atoms with Crippen molar-refractivity contribution in [3.8, 4) is 10.4 Å². The van der Waals surface area contributed by atoms with E-state index in [2.05, 4.69) is 50.9 Å². The minimum atomic E-state index is 0.268. The number of carbonyl (C=O) groups is 1. The summed E-state index contributed by atoms with van der Waals surface area (Å²) in [5, 5.41) is 5.66. The number of nitrogens with zero attached hydrogens (tertiary/aromatic N) is 2. The number of likely N-dealkylation sites (tertiary alicyclic amines) is 1. The number of amides is 1. The highest BCUT2D eigenvalue weighted by Gasteiger charge is 2.35. The lowest BCUT2D eigenvalue weighted by Crippen LogP contribution is -2.53. The first kappa shape index (κ1) is 20.2. The lowest BCUT2D eigenvalue weighted by Gasteiger charge is -2.42. The molecule has 2 atom stereocenters. The number of fused-ring (bicyclic) bond motifs is 1. The van der Waals surface area contributed by atoms with Crippen LogP contribution in [0, 0.1) is 0 Å². The molecule has 2 aliphatic rings. The number of hydrogen-bond acceptors (Lipinski definition) is 4. The topological polar surface area (TPSA) is 23.6 Å². The van der Waals surface area contributed by atoms with Crippen LogP contribution >= 0.6 is 22.7 Å². The minimum absolute atomic E-state index is 0.268. The van der Waals surface area contributed by atoms with Crippen LogP contribution in [0.5, 0.6) is 0 Å². The van der Waals surface area contributed by atoms with E-state index in [0.29, 0.717) is 18.5 Å². The molecule has 3 aromatic rings. The zero-order valence-corrected chi connectivity index (χ0v) is 19.3. The van der Waals surface area contributed by atoms with Gasteiger partial charge in [-0.05, 0) is 55.8 Å². The highest BCUT2D eigenvalue weighted by atomic mass is 32.1. The first-order chi connectivity index (χ1) is 14.7. The second-order valence-electron chi connectivity index (χ2n) is 8.76. The van der Waals surface area contributed by atoms with E-state index in [-0.39, 0.29) is 5.91 Å². The Morgan fingerprint density at radius 3 is 2.70 bits per heavy atom. The van der Waals surface area contributed by atoms with Crippen molar-refractivity contribution in [3.05, 3.63) is 46.7 Å². The van der Waals surface area contributed by atoms with Gasteiger partial charge < -0.3 is 4.90 Å². The Kier molecular flexibility index (Phi) is 5.94. The number of hydrogen-bond donors (Lipinski definition) is 0. The highest BCUT2D eigenvalue weighted by molar-refractivity contribution is 7.19. The molecule has 3 nitrogen and oxygen atoms in total. The smallest absolute Gasteiger partial charge is 0.227 e. The molecule has 2 aromatic heterocycles. The van der Waals surface area contributed by atoms with E-state index in [1.165, 1.54) is 71.3 Å². The monoisotopic (exact) mass is 438 g/mol. The third-order valence-electron chi connectivity index (χ3n) is 7.00. The van der Waals surface area contributed by atoms with Gasteiger partial charge >= 0.3 is 0 Å². The van der Waals surface area contributed by atoms with Gasteiger partial charge in [-0.3, -0.25) is 9.69 Å². The van der Waals surface area contributed by atoms with E-state index >= 15 is 0 Å². The molecule has 1 aliphatic heterocycles. The van der Waals surface area contributed by atoms with E-state index < -0.39 is 0 Å². The van der Waals surface area contributed by atoms with Crippen molar-refractivity contribution in [2.45, 2.75) is 57.0 Å². The van der Waals surface area contributed by atoms with Gasteiger partial charge in [-0.25, -0.2) is 0 Å².